The number of hydrogen-bond acceptors (Lipinski definition) is 4. The van der Waals surface area contributed by atoms with E-state index in [4.69, 9.17) is 0 Å². The molecule has 1 atom stereocenters. The van der Waals surface area contributed by atoms with Gasteiger partial charge in [-0.25, -0.2) is 9.37 Å². The number of carbonyl (C=O) groups excluding carboxylic acids is 2. The minimum atomic E-state index is -1.27. The predicted molar refractivity (Wildman–Crippen MR) is 87.1 cm³/mol. The van der Waals surface area contributed by atoms with E-state index in [2.05, 4.69) is 10.3 Å². The number of carbonyl (C=O) groups is 2. The summed E-state index contributed by atoms with van der Waals surface area (Å²) >= 11 is 1.34. The fraction of sp³-hybridized carbons (Fsp3) is 0.588. The molecular formula is C17H21FN2O2S. The summed E-state index contributed by atoms with van der Waals surface area (Å²) in [6.07, 6.45) is 5.96. The predicted octanol–water partition coefficient (Wildman–Crippen LogP) is 2.85. The van der Waals surface area contributed by atoms with E-state index in [9.17, 15) is 14.0 Å². The number of fused-ring (bicyclic) bond motifs is 1. The van der Waals surface area contributed by atoms with E-state index in [-0.39, 0.29) is 24.7 Å². The first-order valence-corrected chi connectivity index (χ1v) is 9.03. The van der Waals surface area contributed by atoms with E-state index >= 15 is 0 Å². The van der Waals surface area contributed by atoms with Gasteiger partial charge in [-0.1, -0.05) is 37.1 Å². The molecule has 1 saturated carbocycles. The van der Waals surface area contributed by atoms with Gasteiger partial charge in [0.05, 0.1) is 11.8 Å². The smallest absolute Gasteiger partial charge is 0.221 e. The lowest BCUT2D eigenvalue weighted by molar-refractivity contribution is -0.125. The minimum Gasteiger partial charge on any atom is -0.353 e. The van der Waals surface area contributed by atoms with Gasteiger partial charge in [-0.3, -0.25) is 9.59 Å². The molecule has 1 fully saturated rings. The molecule has 4 nitrogen and oxygen atoms in total. The van der Waals surface area contributed by atoms with Gasteiger partial charge in [0.2, 0.25) is 5.91 Å². The quantitative estimate of drug-likeness (QED) is 0.918. The fourth-order valence-electron chi connectivity index (χ4n) is 3.18. The number of thioether (sulfide) groups is 1. The molecule has 1 unspecified atom stereocenters. The normalized spacial score (nSPS) is 23.2. The molecule has 124 valence electrons. The highest BCUT2D eigenvalue weighted by molar-refractivity contribution is 8.00. The fourth-order valence-corrected chi connectivity index (χ4v) is 4.31. The Labute approximate surface area is 139 Å². The van der Waals surface area contributed by atoms with Gasteiger partial charge in [-0.15, -0.1) is 0 Å². The molecule has 1 N–H and O–H groups in total. The number of nitrogens with one attached hydrogen (secondary N) is 1. The monoisotopic (exact) mass is 336 g/mol. The SMILES string of the molecule is O=C(CC1Sc2ncccc2CC1=O)NCC1(F)CCCCC1. The van der Waals surface area contributed by atoms with Crippen LogP contribution in [-0.4, -0.2) is 34.1 Å². The van der Waals surface area contributed by atoms with E-state index in [0.29, 0.717) is 19.3 Å². The highest BCUT2D eigenvalue weighted by Gasteiger charge is 2.33. The summed E-state index contributed by atoms with van der Waals surface area (Å²) in [6, 6.07) is 3.70. The molecule has 23 heavy (non-hydrogen) atoms. The Morgan fingerprint density at radius 2 is 2.17 bits per heavy atom. The summed E-state index contributed by atoms with van der Waals surface area (Å²) in [5.74, 6) is -0.212. The second kappa shape index (κ2) is 6.99. The van der Waals surface area contributed by atoms with Crippen molar-refractivity contribution in [1.82, 2.24) is 10.3 Å². The van der Waals surface area contributed by atoms with E-state index in [1.807, 2.05) is 12.1 Å². The van der Waals surface area contributed by atoms with Crippen LogP contribution in [0.1, 0.15) is 44.1 Å². The van der Waals surface area contributed by atoms with Gasteiger partial charge < -0.3 is 5.32 Å². The highest BCUT2D eigenvalue weighted by Crippen LogP contribution is 2.34. The molecule has 0 aromatic carbocycles. The van der Waals surface area contributed by atoms with Crippen LogP contribution in [0.25, 0.3) is 0 Å². The van der Waals surface area contributed by atoms with Crippen molar-refractivity contribution in [3.05, 3.63) is 23.9 Å². The number of ketones is 1. The van der Waals surface area contributed by atoms with Crippen LogP contribution in [-0.2, 0) is 16.0 Å². The Hall–Kier alpha value is -1.43. The molecule has 1 aromatic rings. The number of nitrogens with zero attached hydrogens (tertiary/aromatic N) is 1. The Morgan fingerprint density at radius 3 is 2.96 bits per heavy atom. The van der Waals surface area contributed by atoms with Gasteiger partial charge in [0.25, 0.3) is 0 Å². The molecule has 1 aliphatic heterocycles. The zero-order valence-corrected chi connectivity index (χ0v) is 13.8. The molecule has 2 aliphatic rings. The summed E-state index contributed by atoms with van der Waals surface area (Å²) in [4.78, 5) is 28.5. The molecule has 1 aromatic heterocycles. The number of Topliss-reactive ketones (excluding diaryl/α,β-unsaturated/α-hetero) is 1. The van der Waals surface area contributed by atoms with Crippen LogP contribution in [0, 0.1) is 0 Å². The van der Waals surface area contributed by atoms with Gasteiger partial charge in [0, 0.05) is 19.0 Å². The Kier molecular flexibility index (Phi) is 4.99. The second-order valence-corrected chi connectivity index (χ2v) is 7.60. The molecule has 0 bridgehead atoms. The van der Waals surface area contributed by atoms with E-state index in [1.165, 1.54) is 11.8 Å². The summed E-state index contributed by atoms with van der Waals surface area (Å²) in [5, 5.41) is 3.09. The molecule has 3 rings (SSSR count). The molecule has 0 saturated heterocycles. The Morgan fingerprint density at radius 1 is 1.39 bits per heavy atom. The van der Waals surface area contributed by atoms with Crippen LogP contribution in [0.5, 0.6) is 0 Å². The number of amides is 1. The summed E-state index contributed by atoms with van der Waals surface area (Å²) in [5.41, 5.74) is -0.352. The average molecular weight is 336 g/mol. The van der Waals surface area contributed by atoms with Gasteiger partial charge in [0.15, 0.2) is 5.78 Å². The van der Waals surface area contributed by atoms with Crippen molar-refractivity contribution >= 4 is 23.5 Å². The maximum Gasteiger partial charge on any atom is 0.221 e. The van der Waals surface area contributed by atoms with Crippen molar-refractivity contribution < 1.29 is 14.0 Å². The van der Waals surface area contributed by atoms with Crippen molar-refractivity contribution in [3.8, 4) is 0 Å². The van der Waals surface area contributed by atoms with E-state index < -0.39 is 10.9 Å². The molecule has 0 radical (unpaired) electrons. The van der Waals surface area contributed by atoms with Crippen molar-refractivity contribution in [2.45, 2.75) is 60.9 Å². The third-order valence-electron chi connectivity index (χ3n) is 4.55. The minimum absolute atomic E-state index is 0.0401. The lowest BCUT2D eigenvalue weighted by atomic mass is 9.86. The molecular weight excluding hydrogens is 315 g/mol. The third kappa shape index (κ3) is 4.10. The molecule has 2 heterocycles. The molecule has 6 heteroatoms. The van der Waals surface area contributed by atoms with Gasteiger partial charge >= 0.3 is 0 Å². The lowest BCUT2D eigenvalue weighted by Crippen LogP contribution is -2.42. The van der Waals surface area contributed by atoms with Gasteiger partial charge in [0.1, 0.15) is 10.7 Å². The molecule has 1 amide bonds. The van der Waals surface area contributed by atoms with Gasteiger partial charge in [-0.05, 0) is 24.5 Å². The molecule has 0 spiro atoms. The second-order valence-electron chi connectivity index (χ2n) is 6.41. The standard InChI is InChI=1S/C17H21FN2O2S/c18-17(6-2-1-3-7-17)11-20-15(22)10-14-13(21)9-12-5-4-8-19-16(12)23-14/h4-5,8,14H,1-3,6-7,9-11H2,(H,20,22). The highest BCUT2D eigenvalue weighted by atomic mass is 32.2. The maximum absolute atomic E-state index is 14.5. The lowest BCUT2D eigenvalue weighted by Gasteiger charge is -2.29. The topological polar surface area (TPSA) is 59.1 Å². The largest absolute Gasteiger partial charge is 0.353 e. The van der Waals surface area contributed by atoms with Gasteiger partial charge in [-0.2, -0.15) is 0 Å². The van der Waals surface area contributed by atoms with E-state index in [1.54, 1.807) is 6.20 Å². The average Bonchev–Trinajstić information content (AvgIpc) is 2.54. The Balaban J connectivity index is 1.53. The number of halogens is 1. The Bertz CT molecular complexity index is 602. The first-order chi connectivity index (χ1) is 11.1. The van der Waals surface area contributed by atoms with Crippen molar-refractivity contribution in [2.75, 3.05) is 6.54 Å². The molecule has 1 aliphatic carbocycles. The number of aromatic nitrogens is 1. The van der Waals surface area contributed by atoms with Crippen molar-refractivity contribution in [1.29, 1.82) is 0 Å². The third-order valence-corrected chi connectivity index (χ3v) is 5.86. The van der Waals surface area contributed by atoms with Crippen LogP contribution in [0.4, 0.5) is 4.39 Å². The van der Waals surface area contributed by atoms with E-state index in [0.717, 1.165) is 29.9 Å². The van der Waals surface area contributed by atoms with Crippen LogP contribution >= 0.6 is 11.8 Å². The summed E-state index contributed by atoms with van der Waals surface area (Å²) in [6.45, 7) is 0.0618. The first-order valence-electron chi connectivity index (χ1n) is 8.15. The zero-order valence-electron chi connectivity index (χ0n) is 13.0. The van der Waals surface area contributed by atoms with Crippen LogP contribution in [0.2, 0.25) is 0 Å². The maximum atomic E-state index is 14.5. The summed E-state index contributed by atoms with van der Waals surface area (Å²) in [7, 11) is 0. The van der Waals surface area contributed by atoms with Crippen LogP contribution < -0.4 is 5.32 Å². The number of hydrogen-bond donors (Lipinski definition) is 1. The summed E-state index contributed by atoms with van der Waals surface area (Å²) < 4.78 is 14.5. The number of rotatable bonds is 4. The number of alkyl halides is 1. The van der Waals surface area contributed by atoms with Crippen molar-refractivity contribution in [3.63, 3.8) is 0 Å². The van der Waals surface area contributed by atoms with Crippen LogP contribution in [0.3, 0.4) is 0 Å². The van der Waals surface area contributed by atoms with Crippen LogP contribution in [0.15, 0.2) is 23.4 Å². The zero-order chi connectivity index (χ0) is 16.3. The number of pyridine rings is 1. The first kappa shape index (κ1) is 16.4. The van der Waals surface area contributed by atoms with Crippen molar-refractivity contribution in [2.24, 2.45) is 0 Å².